The minimum Gasteiger partial charge on any atom is -0.398 e. The summed E-state index contributed by atoms with van der Waals surface area (Å²) in [5, 5.41) is 0. The maximum Gasteiger partial charge on any atom is 0.236 e. The van der Waals surface area contributed by atoms with Gasteiger partial charge in [0.1, 0.15) is 0 Å². The highest BCUT2D eigenvalue weighted by Gasteiger charge is 2.25. The standard InChI is InChI=1S/C14H21N3O/c1-10-12(15)7-4-8-13(10)17(9-14(16)18)11-5-2-3-6-11/h4,7-8,11H,2-3,5-6,9,15H2,1H3,(H2,16,18). The van der Waals surface area contributed by atoms with Crippen molar-refractivity contribution in [1.29, 1.82) is 0 Å². The van der Waals surface area contributed by atoms with Gasteiger partial charge in [0.25, 0.3) is 0 Å². The number of nitrogens with zero attached hydrogens (tertiary/aromatic N) is 1. The maximum atomic E-state index is 11.3. The van der Waals surface area contributed by atoms with E-state index in [4.69, 9.17) is 11.5 Å². The highest BCUT2D eigenvalue weighted by Crippen LogP contribution is 2.31. The predicted molar refractivity (Wildman–Crippen MR) is 74.4 cm³/mol. The third-order valence-corrected chi connectivity index (χ3v) is 3.75. The zero-order valence-electron chi connectivity index (χ0n) is 10.9. The second-order valence-corrected chi connectivity index (χ2v) is 5.02. The van der Waals surface area contributed by atoms with Gasteiger partial charge in [-0.1, -0.05) is 18.9 Å². The molecule has 18 heavy (non-hydrogen) atoms. The van der Waals surface area contributed by atoms with Gasteiger partial charge in [0.05, 0.1) is 6.54 Å². The van der Waals surface area contributed by atoms with Crippen LogP contribution in [0, 0.1) is 6.92 Å². The number of nitrogen functional groups attached to an aromatic ring is 1. The van der Waals surface area contributed by atoms with Gasteiger partial charge in [-0.25, -0.2) is 0 Å². The summed E-state index contributed by atoms with van der Waals surface area (Å²) in [6, 6.07) is 6.25. The van der Waals surface area contributed by atoms with Crippen LogP contribution >= 0.6 is 0 Å². The van der Waals surface area contributed by atoms with E-state index in [2.05, 4.69) is 4.90 Å². The average molecular weight is 247 g/mol. The van der Waals surface area contributed by atoms with Crippen molar-refractivity contribution in [2.45, 2.75) is 38.6 Å². The van der Waals surface area contributed by atoms with Gasteiger partial charge in [0.2, 0.25) is 5.91 Å². The monoisotopic (exact) mass is 247 g/mol. The van der Waals surface area contributed by atoms with Gasteiger partial charge < -0.3 is 16.4 Å². The van der Waals surface area contributed by atoms with E-state index in [1.165, 1.54) is 12.8 Å². The quantitative estimate of drug-likeness (QED) is 0.797. The zero-order chi connectivity index (χ0) is 13.1. The number of carbonyl (C=O) groups is 1. The van der Waals surface area contributed by atoms with Crippen molar-refractivity contribution in [2.24, 2.45) is 5.73 Å². The van der Waals surface area contributed by atoms with E-state index in [1.54, 1.807) is 0 Å². The maximum absolute atomic E-state index is 11.3. The van der Waals surface area contributed by atoms with Crippen LogP contribution in [-0.4, -0.2) is 18.5 Å². The Bertz CT molecular complexity index is 439. The molecule has 0 spiro atoms. The van der Waals surface area contributed by atoms with Gasteiger partial charge in [0, 0.05) is 17.4 Å². The van der Waals surface area contributed by atoms with Crippen LogP contribution in [0.15, 0.2) is 18.2 Å². The van der Waals surface area contributed by atoms with Gasteiger partial charge in [-0.2, -0.15) is 0 Å². The molecule has 1 aromatic rings. The summed E-state index contributed by atoms with van der Waals surface area (Å²) in [6.07, 6.45) is 4.70. The molecule has 98 valence electrons. The molecule has 0 radical (unpaired) electrons. The van der Waals surface area contributed by atoms with Crippen molar-refractivity contribution in [3.05, 3.63) is 23.8 Å². The van der Waals surface area contributed by atoms with E-state index in [0.717, 1.165) is 29.8 Å². The van der Waals surface area contributed by atoms with Crippen LogP contribution in [0.2, 0.25) is 0 Å². The number of carbonyl (C=O) groups excluding carboxylic acids is 1. The van der Waals surface area contributed by atoms with Gasteiger partial charge in [-0.05, 0) is 37.5 Å². The first-order valence-electron chi connectivity index (χ1n) is 6.49. The molecule has 4 N–H and O–H groups in total. The Morgan fingerprint density at radius 1 is 1.39 bits per heavy atom. The van der Waals surface area contributed by atoms with Crippen molar-refractivity contribution in [2.75, 3.05) is 17.2 Å². The number of nitrogens with two attached hydrogens (primary N) is 2. The first-order valence-corrected chi connectivity index (χ1v) is 6.49. The summed E-state index contributed by atoms with van der Waals surface area (Å²) >= 11 is 0. The molecular weight excluding hydrogens is 226 g/mol. The fourth-order valence-electron chi connectivity index (χ4n) is 2.75. The molecule has 1 aliphatic carbocycles. The molecule has 2 rings (SSSR count). The van der Waals surface area contributed by atoms with E-state index in [-0.39, 0.29) is 12.5 Å². The lowest BCUT2D eigenvalue weighted by atomic mass is 10.1. The minimum atomic E-state index is -0.288. The topological polar surface area (TPSA) is 72.3 Å². The summed E-state index contributed by atoms with van der Waals surface area (Å²) in [5.41, 5.74) is 14.2. The number of hydrogen-bond acceptors (Lipinski definition) is 3. The van der Waals surface area contributed by atoms with Crippen LogP contribution in [0.1, 0.15) is 31.2 Å². The number of anilines is 2. The molecule has 0 aliphatic heterocycles. The Hall–Kier alpha value is -1.71. The Morgan fingerprint density at radius 2 is 2.06 bits per heavy atom. The van der Waals surface area contributed by atoms with Crippen LogP contribution in [0.5, 0.6) is 0 Å². The van der Waals surface area contributed by atoms with E-state index in [0.29, 0.717) is 6.04 Å². The van der Waals surface area contributed by atoms with Gasteiger partial charge in [-0.15, -0.1) is 0 Å². The fourth-order valence-corrected chi connectivity index (χ4v) is 2.75. The van der Waals surface area contributed by atoms with Crippen molar-refractivity contribution in [3.8, 4) is 0 Å². The summed E-state index contributed by atoms with van der Waals surface area (Å²) < 4.78 is 0. The smallest absolute Gasteiger partial charge is 0.236 e. The predicted octanol–water partition coefficient (Wildman–Crippen LogP) is 1.81. The number of benzene rings is 1. The van der Waals surface area contributed by atoms with Gasteiger partial charge in [-0.3, -0.25) is 4.79 Å². The second kappa shape index (κ2) is 5.29. The molecule has 1 amide bonds. The molecule has 0 saturated heterocycles. The van der Waals surface area contributed by atoms with Crippen LogP contribution < -0.4 is 16.4 Å². The van der Waals surface area contributed by atoms with E-state index < -0.39 is 0 Å². The molecule has 0 atom stereocenters. The molecule has 1 fully saturated rings. The molecule has 0 aromatic heterocycles. The SMILES string of the molecule is Cc1c(N)cccc1N(CC(N)=O)C1CCCC1. The number of hydrogen-bond donors (Lipinski definition) is 2. The normalized spacial score (nSPS) is 15.8. The summed E-state index contributed by atoms with van der Waals surface area (Å²) in [7, 11) is 0. The highest BCUT2D eigenvalue weighted by atomic mass is 16.1. The number of primary amides is 1. The number of rotatable bonds is 4. The molecule has 0 bridgehead atoms. The lowest BCUT2D eigenvalue weighted by molar-refractivity contribution is -0.116. The van der Waals surface area contributed by atoms with Crippen LogP contribution in [0.3, 0.4) is 0 Å². The summed E-state index contributed by atoms with van der Waals surface area (Å²) in [4.78, 5) is 13.4. The first-order chi connectivity index (χ1) is 8.59. The van der Waals surface area contributed by atoms with Gasteiger partial charge >= 0.3 is 0 Å². The Balaban J connectivity index is 2.32. The largest absolute Gasteiger partial charge is 0.398 e. The molecule has 1 aromatic carbocycles. The van der Waals surface area contributed by atoms with Gasteiger partial charge in [0.15, 0.2) is 0 Å². The molecule has 0 heterocycles. The molecule has 1 saturated carbocycles. The van der Waals surface area contributed by atoms with Crippen molar-refractivity contribution >= 4 is 17.3 Å². The summed E-state index contributed by atoms with van der Waals surface area (Å²) in [5.74, 6) is -0.288. The van der Waals surface area contributed by atoms with Crippen molar-refractivity contribution in [1.82, 2.24) is 0 Å². The van der Waals surface area contributed by atoms with Crippen molar-refractivity contribution in [3.63, 3.8) is 0 Å². The Morgan fingerprint density at radius 3 is 2.67 bits per heavy atom. The molecule has 4 nitrogen and oxygen atoms in total. The third kappa shape index (κ3) is 2.58. The lowest BCUT2D eigenvalue weighted by Gasteiger charge is -2.31. The van der Waals surface area contributed by atoms with Crippen LogP contribution in [-0.2, 0) is 4.79 Å². The Kier molecular flexibility index (Phi) is 3.75. The highest BCUT2D eigenvalue weighted by molar-refractivity contribution is 5.81. The molecule has 1 aliphatic rings. The summed E-state index contributed by atoms with van der Waals surface area (Å²) in [6.45, 7) is 2.27. The van der Waals surface area contributed by atoms with E-state index >= 15 is 0 Å². The van der Waals surface area contributed by atoms with E-state index in [1.807, 2.05) is 25.1 Å². The second-order valence-electron chi connectivity index (χ2n) is 5.02. The molecular formula is C14H21N3O. The van der Waals surface area contributed by atoms with Crippen molar-refractivity contribution < 1.29 is 4.79 Å². The first kappa shape index (κ1) is 12.7. The third-order valence-electron chi connectivity index (χ3n) is 3.75. The Labute approximate surface area is 108 Å². The van der Waals surface area contributed by atoms with Crippen LogP contribution in [0.4, 0.5) is 11.4 Å². The lowest BCUT2D eigenvalue weighted by Crippen LogP contribution is -2.40. The zero-order valence-corrected chi connectivity index (χ0v) is 10.9. The van der Waals surface area contributed by atoms with E-state index in [9.17, 15) is 4.79 Å². The van der Waals surface area contributed by atoms with Crippen LogP contribution in [0.25, 0.3) is 0 Å². The minimum absolute atomic E-state index is 0.273. The molecule has 4 heteroatoms. The number of amides is 1. The molecule has 0 unspecified atom stereocenters. The fraction of sp³-hybridized carbons (Fsp3) is 0.500. The average Bonchev–Trinajstić information content (AvgIpc) is 2.83.